The lowest BCUT2D eigenvalue weighted by atomic mass is 9.63. The minimum atomic E-state index is -2.01. The van der Waals surface area contributed by atoms with Crippen LogP contribution in [0.1, 0.15) is 93.9 Å². The molecule has 0 spiro atoms. The van der Waals surface area contributed by atoms with Crippen molar-refractivity contribution < 1.29 is 23.5 Å². The van der Waals surface area contributed by atoms with Gasteiger partial charge in [-0.25, -0.2) is 4.79 Å². The normalized spacial score (nSPS) is 30.4. The third-order valence-corrected chi connectivity index (χ3v) is 20.3. The van der Waals surface area contributed by atoms with Crippen molar-refractivity contribution in [2.75, 3.05) is 6.61 Å². The maximum atomic E-state index is 11.1. The van der Waals surface area contributed by atoms with E-state index in [1.165, 1.54) is 16.7 Å². The number of carboxylic acid groups (broad SMARTS) is 1. The first-order chi connectivity index (χ1) is 19.1. The van der Waals surface area contributed by atoms with Gasteiger partial charge in [0.1, 0.15) is 6.61 Å². The predicted molar refractivity (Wildman–Crippen MR) is 180 cm³/mol. The molecule has 2 saturated carbocycles. The van der Waals surface area contributed by atoms with E-state index in [0.717, 1.165) is 44.1 Å². The average Bonchev–Trinajstić information content (AvgIpc) is 3.19. The van der Waals surface area contributed by atoms with Gasteiger partial charge in [-0.1, -0.05) is 78.8 Å². The van der Waals surface area contributed by atoms with Crippen molar-refractivity contribution in [3.05, 3.63) is 47.1 Å². The van der Waals surface area contributed by atoms with E-state index in [9.17, 15) is 4.79 Å². The largest absolute Gasteiger partial charge is 0.480 e. The summed E-state index contributed by atoms with van der Waals surface area (Å²) in [6.07, 6.45) is 13.0. The second-order valence-corrected chi connectivity index (χ2v) is 25.8. The van der Waals surface area contributed by atoms with Crippen LogP contribution in [-0.2, 0) is 18.4 Å². The number of rotatable bonds is 9. The first kappa shape index (κ1) is 35.2. The lowest BCUT2D eigenvalue weighted by Gasteiger charge is -2.45. The second kappa shape index (κ2) is 12.6. The van der Waals surface area contributed by atoms with Gasteiger partial charge in [-0.15, -0.1) is 0 Å². The highest BCUT2D eigenvalue weighted by Gasteiger charge is 2.47. The third-order valence-electron chi connectivity index (χ3n) is 11.2. The first-order valence-corrected chi connectivity index (χ1v) is 21.9. The van der Waals surface area contributed by atoms with Crippen molar-refractivity contribution in [2.45, 2.75) is 148 Å². The molecule has 0 amide bonds. The number of carboxylic acids is 1. The lowest BCUT2D eigenvalue weighted by Crippen LogP contribution is -2.49. The molecule has 0 radical (unpaired) electrons. The Balaban J connectivity index is 1.90. The summed E-state index contributed by atoms with van der Waals surface area (Å²) < 4.78 is 19.8. The zero-order valence-electron chi connectivity index (χ0n) is 28.8. The molecule has 3 aliphatic carbocycles. The molecule has 0 bridgehead atoms. The van der Waals surface area contributed by atoms with Gasteiger partial charge in [0.2, 0.25) is 0 Å². The third kappa shape index (κ3) is 7.69. The van der Waals surface area contributed by atoms with Crippen molar-refractivity contribution >= 4 is 22.6 Å². The Hall–Kier alpha value is -1.26. The summed E-state index contributed by atoms with van der Waals surface area (Å²) >= 11 is 0. The van der Waals surface area contributed by atoms with Gasteiger partial charge >= 0.3 is 5.97 Å². The van der Waals surface area contributed by atoms with Crippen LogP contribution in [0.15, 0.2) is 47.1 Å². The summed E-state index contributed by atoms with van der Waals surface area (Å²) in [5, 5.41) is 9.39. The van der Waals surface area contributed by atoms with Crippen LogP contribution in [0.25, 0.3) is 0 Å². The smallest absolute Gasteiger partial charge is 0.329 e. The van der Waals surface area contributed by atoms with Crippen LogP contribution in [0.4, 0.5) is 0 Å². The van der Waals surface area contributed by atoms with Crippen molar-refractivity contribution in [2.24, 2.45) is 11.3 Å². The van der Waals surface area contributed by atoms with Crippen molar-refractivity contribution in [1.29, 1.82) is 0 Å². The number of hydrogen-bond donors (Lipinski definition) is 1. The zero-order chi connectivity index (χ0) is 31.9. The zero-order valence-corrected chi connectivity index (χ0v) is 30.8. The topological polar surface area (TPSA) is 65.0 Å². The maximum Gasteiger partial charge on any atom is 0.329 e. The first-order valence-electron chi connectivity index (χ1n) is 16.1. The van der Waals surface area contributed by atoms with Gasteiger partial charge in [0, 0.05) is 6.42 Å². The van der Waals surface area contributed by atoms with E-state index in [4.69, 9.17) is 18.7 Å². The van der Waals surface area contributed by atoms with E-state index >= 15 is 0 Å². The van der Waals surface area contributed by atoms with Crippen molar-refractivity contribution in [1.82, 2.24) is 0 Å². The number of hydrogen-bond acceptors (Lipinski definition) is 4. The molecule has 0 saturated heterocycles. The molecule has 2 fully saturated rings. The molecule has 0 aromatic heterocycles. The molecular formula is C35H60O5Si2. The van der Waals surface area contributed by atoms with Crippen LogP contribution in [0.2, 0.25) is 36.3 Å². The average molecular weight is 617 g/mol. The standard InChI is InChI=1S/C35H60O5Si2/c1-24-27(17-16-26-15-14-20-35(9)29(18-19-30(26)35)25(2)38-23-32(36)37)21-28(39-41(10,11)33(3,4)5)22-31(24)40-42(12,13)34(6,7)8/h16-18,25,28,30-31H,1,14-15,19-23H2,2-13H3,(H,36,37)/t25-,28+,30?,31-,35+/m0/s1. The molecule has 0 aromatic rings. The summed E-state index contributed by atoms with van der Waals surface area (Å²) in [5.41, 5.74) is 5.13. The summed E-state index contributed by atoms with van der Waals surface area (Å²) in [6.45, 7) is 31.9. The van der Waals surface area contributed by atoms with E-state index in [1.807, 2.05) is 6.92 Å². The summed E-state index contributed by atoms with van der Waals surface area (Å²) in [4.78, 5) is 11.1. The number of aliphatic carboxylic acids is 1. The Morgan fingerprint density at radius 1 is 1.10 bits per heavy atom. The van der Waals surface area contributed by atoms with E-state index in [2.05, 4.69) is 99.5 Å². The van der Waals surface area contributed by atoms with E-state index in [1.54, 1.807) is 0 Å². The minimum absolute atomic E-state index is 0.00599. The minimum Gasteiger partial charge on any atom is -0.480 e. The molecule has 238 valence electrons. The SMILES string of the molecule is C=C1C(=CC=C2CCC[C@]3(C)C([C@H](C)OCC(=O)O)=CCC23)C[C@@H](O[Si](C)(C)C(C)(C)C)C[C@@H]1O[Si](C)(C)C(C)(C)C. The molecule has 5 atom stereocenters. The maximum absolute atomic E-state index is 11.1. The highest BCUT2D eigenvalue weighted by molar-refractivity contribution is 6.74. The molecule has 1 N–H and O–H groups in total. The van der Waals surface area contributed by atoms with Gasteiger partial charge in [0.05, 0.1) is 18.3 Å². The van der Waals surface area contributed by atoms with Crippen LogP contribution in [0.5, 0.6) is 0 Å². The molecule has 0 heterocycles. The van der Waals surface area contributed by atoms with Gasteiger partial charge in [0.25, 0.3) is 0 Å². The number of fused-ring (bicyclic) bond motifs is 1. The van der Waals surface area contributed by atoms with Gasteiger partial charge in [-0.05, 0) is 103 Å². The molecule has 42 heavy (non-hydrogen) atoms. The molecule has 3 aliphatic rings. The summed E-state index contributed by atoms with van der Waals surface area (Å²) in [6, 6.07) is 0. The van der Waals surface area contributed by atoms with E-state index < -0.39 is 22.6 Å². The van der Waals surface area contributed by atoms with Gasteiger partial charge in [-0.2, -0.15) is 0 Å². The van der Waals surface area contributed by atoms with Gasteiger partial charge < -0.3 is 18.7 Å². The van der Waals surface area contributed by atoms with Crippen LogP contribution < -0.4 is 0 Å². The van der Waals surface area contributed by atoms with Crippen LogP contribution >= 0.6 is 0 Å². The Morgan fingerprint density at radius 3 is 2.26 bits per heavy atom. The number of carbonyl (C=O) groups is 1. The molecule has 1 unspecified atom stereocenters. The molecule has 3 rings (SSSR count). The second-order valence-electron chi connectivity index (χ2n) is 16.3. The highest BCUT2D eigenvalue weighted by atomic mass is 28.4. The number of ether oxygens (including phenoxy) is 1. The number of allylic oxidation sites excluding steroid dienone is 4. The fourth-order valence-corrected chi connectivity index (χ4v) is 9.20. The molecule has 0 aromatic carbocycles. The van der Waals surface area contributed by atoms with Crippen LogP contribution in [0, 0.1) is 11.3 Å². The Bertz CT molecular complexity index is 1120. The quantitative estimate of drug-likeness (QED) is 0.206. The van der Waals surface area contributed by atoms with Crippen LogP contribution in [0.3, 0.4) is 0 Å². The monoisotopic (exact) mass is 616 g/mol. The lowest BCUT2D eigenvalue weighted by molar-refractivity contribution is -0.143. The highest BCUT2D eigenvalue weighted by Crippen LogP contribution is 2.56. The fraction of sp³-hybridized carbons (Fsp3) is 0.743. The van der Waals surface area contributed by atoms with E-state index in [0.29, 0.717) is 5.92 Å². The van der Waals surface area contributed by atoms with Crippen molar-refractivity contribution in [3.63, 3.8) is 0 Å². The van der Waals surface area contributed by atoms with Crippen molar-refractivity contribution in [3.8, 4) is 0 Å². The van der Waals surface area contributed by atoms with E-state index in [-0.39, 0.29) is 40.4 Å². The van der Waals surface area contributed by atoms with Crippen LogP contribution in [-0.4, -0.2) is 52.6 Å². The van der Waals surface area contributed by atoms with Gasteiger partial charge in [-0.3, -0.25) is 0 Å². The van der Waals surface area contributed by atoms with Gasteiger partial charge in [0.15, 0.2) is 16.6 Å². The fourth-order valence-electron chi connectivity index (χ4n) is 6.53. The Morgan fingerprint density at radius 2 is 1.69 bits per heavy atom. The molecule has 5 nitrogen and oxygen atoms in total. The molecular weight excluding hydrogens is 557 g/mol. The predicted octanol–water partition coefficient (Wildman–Crippen LogP) is 9.60. The molecule has 0 aliphatic heterocycles. The summed E-state index contributed by atoms with van der Waals surface area (Å²) in [7, 11) is -3.96. The Labute approximate surface area is 259 Å². The molecule has 7 heteroatoms. The Kier molecular flexibility index (Phi) is 10.6. The summed E-state index contributed by atoms with van der Waals surface area (Å²) in [5.74, 6) is -0.498.